The van der Waals surface area contributed by atoms with E-state index in [1.807, 2.05) is 40.9 Å². The Kier molecular flexibility index (Phi) is 5.96. The summed E-state index contributed by atoms with van der Waals surface area (Å²) in [7, 11) is 1.68. The van der Waals surface area contributed by atoms with Crippen LogP contribution < -0.4 is 9.64 Å². The smallest absolute Gasteiger partial charge is 0.158 e. The molecular formula is C26H28ClN5O. The molecule has 4 aromatic rings. The van der Waals surface area contributed by atoms with Crippen molar-refractivity contribution in [2.24, 2.45) is 0 Å². The van der Waals surface area contributed by atoms with E-state index < -0.39 is 0 Å². The molecular weight excluding hydrogens is 434 g/mol. The van der Waals surface area contributed by atoms with Crippen LogP contribution in [0.3, 0.4) is 0 Å². The molecule has 2 aromatic carbocycles. The minimum Gasteiger partial charge on any atom is -0.497 e. The highest BCUT2D eigenvalue weighted by atomic mass is 35.5. The summed E-state index contributed by atoms with van der Waals surface area (Å²) in [5.41, 5.74) is 6.10. The molecule has 0 bridgehead atoms. The number of fused-ring (bicyclic) bond motifs is 1. The minimum absolute atomic E-state index is 0.816. The highest BCUT2D eigenvalue weighted by Gasteiger charge is 2.24. The first-order valence-corrected chi connectivity index (χ1v) is 11.6. The second-order valence-corrected chi connectivity index (χ2v) is 8.99. The molecule has 6 nitrogen and oxygen atoms in total. The summed E-state index contributed by atoms with van der Waals surface area (Å²) in [6.45, 7) is 7.88. The number of aromatic nitrogens is 3. The van der Waals surface area contributed by atoms with Gasteiger partial charge in [0.2, 0.25) is 0 Å². The zero-order valence-electron chi connectivity index (χ0n) is 19.3. The molecule has 1 saturated heterocycles. The average molecular weight is 462 g/mol. The summed E-state index contributed by atoms with van der Waals surface area (Å²) < 4.78 is 7.40. The lowest BCUT2D eigenvalue weighted by Crippen LogP contribution is -2.45. The molecule has 0 atom stereocenters. The van der Waals surface area contributed by atoms with Crippen LogP contribution in [0.15, 0.2) is 54.6 Å². The van der Waals surface area contributed by atoms with E-state index in [0.29, 0.717) is 0 Å². The van der Waals surface area contributed by atoms with Crippen LogP contribution in [0.5, 0.6) is 5.75 Å². The second kappa shape index (κ2) is 9.04. The SMILES string of the molecule is COc1cccc(-c2cc3nc(C)c(C)c(N4CCCN(Cc5ccccc5Cl)C4)n3n2)c1. The van der Waals surface area contributed by atoms with Crippen molar-refractivity contribution in [3.8, 4) is 17.0 Å². The normalized spacial score (nSPS) is 14.7. The third kappa shape index (κ3) is 4.28. The maximum atomic E-state index is 6.43. The third-order valence-electron chi connectivity index (χ3n) is 6.34. The first kappa shape index (κ1) is 21.7. The first-order chi connectivity index (χ1) is 16.0. The van der Waals surface area contributed by atoms with Crippen molar-refractivity contribution in [1.29, 1.82) is 0 Å². The first-order valence-electron chi connectivity index (χ1n) is 11.3. The van der Waals surface area contributed by atoms with E-state index in [1.54, 1.807) is 7.11 Å². The number of halogens is 1. The van der Waals surface area contributed by atoms with Gasteiger partial charge >= 0.3 is 0 Å². The lowest BCUT2D eigenvalue weighted by molar-refractivity contribution is 0.231. The van der Waals surface area contributed by atoms with E-state index in [9.17, 15) is 0 Å². The van der Waals surface area contributed by atoms with E-state index in [4.69, 9.17) is 26.4 Å². The standard InChI is InChI=1S/C26H28ClN5O/c1-18-19(2)28-25-15-24(20-9-6-10-22(14-20)33-3)29-32(25)26(18)31-13-7-12-30(17-31)16-21-8-4-5-11-23(21)27/h4-6,8-11,14-15H,7,12-13,16-17H2,1-3H3. The maximum Gasteiger partial charge on any atom is 0.158 e. The largest absolute Gasteiger partial charge is 0.497 e. The van der Waals surface area contributed by atoms with Gasteiger partial charge in [0.1, 0.15) is 11.6 Å². The molecule has 0 radical (unpaired) electrons. The molecule has 0 aliphatic carbocycles. The molecule has 33 heavy (non-hydrogen) atoms. The monoisotopic (exact) mass is 461 g/mol. The number of aryl methyl sites for hydroxylation is 1. The predicted molar refractivity (Wildman–Crippen MR) is 133 cm³/mol. The zero-order chi connectivity index (χ0) is 22.9. The Balaban J connectivity index is 1.50. The van der Waals surface area contributed by atoms with Crippen molar-refractivity contribution in [2.45, 2.75) is 26.8 Å². The van der Waals surface area contributed by atoms with Gasteiger partial charge in [0.15, 0.2) is 5.65 Å². The molecule has 170 valence electrons. The van der Waals surface area contributed by atoms with Crippen molar-refractivity contribution in [3.63, 3.8) is 0 Å². The fraction of sp³-hybridized carbons (Fsp3) is 0.308. The van der Waals surface area contributed by atoms with Crippen LogP contribution in [0.25, 0.3) is 16.9 Å². The molecule has 3 heterocycles. The zero-order valence-corrected chi connectivity index (χ0v) is 20.0. The van der Waals surface area contributed by atoms with Gasteiger partial charge in [-0.3, -0.25) is 4.90 Å². The third-order valence-corrected chi connectivity index (χ3v) is 6.71. The summed E-state index contributed by atoms with van der Waals surface area (Å²) in [4.78, 5) is 9.69. The molecule has 0 amide bonds. The highest BCUT2D eigenvalue weighted by Crippen LogP contribution is 2.30. The second-order valence-electron chi connectivity index (χ2n) is 8.58. The number of hydrogen-bond donors (Lipinski definition) is 0. The number of benzene rings is 2. The van der Waals surface area contributed by atoms with Gasteiger partial charge in [-0.15, -0.1) is 0 Å². The molecule has 7 heteroatoms. The Morgan fingerprint density at radius 1 is 1.03 bits per heavy atom. The van der Waals surface area contributed by atoms with Crippen LogP contribution in [0.4, 0.5) is 5.82 Å². The number of hydrogen-bond acceptors (Lipinski definition) is 5. The molecule has 1 fully saturated rings. The molecule has 0 spiro atoms. The summed E-state index contributed by atoms with van der Waals surface area (Å²) in [5.74, 6) is 1.92. The van der Waals surface area contributed by atoms with Crippen LogP contribution in [0, 0.1) is 13.8 Å². The van der Waals surface area contributed by atoms with Gasteiger partial charge in [0, 0.05) is 47.5 Å². The van der Waals surface area contributed by atoms with Crippen molar-refractivity contribution >= 4 is 23.1 Å². The molecule has 0 saturated carbocycles. The van der Waals surface area contributed by atoms with Crippen LogP contribution in [-0.2, 0) is 6.54 Å². The van der Waals surface area contributed by atoms with Crippen molar-refractivity contribution in [3.05, 3.63) is 76.4 Å². The predicted octanol–water partition coefficient (Wildman–Crippen LogP) is 5.34. The van der Waals surface area contributed by atoms with Gasteiger partial charge in [-0.05, 0) is 44.0 Å². The van der Waals surface area contributed by atoms with E-state index in [0.717, 1.165) is 83.0 Å². The fourth-order valence-corrected chi connectivity index (χ4v) is 4.71. The average Bonchev–Trinajstić information content (AvgIpc) is 3.25. The van der Waals surface area contributed by atoms with Crippen molar-refractivity contribution < 1.29 is 4.74 Å². The molecule has 2 aromatic heterocycles. The number of rotatable bonds is 5. The van der Waals surface area contributed by atoms with Crippen molar-refractivity contribution in [1.82, 2.24) is 19.5 Å². The van der Waals surface area contributed by atoms with Crippen LogP contribution in [-0.4, -0.2) is 46.4 Å². The van der Waals surface area contributed by atoms with Gasteiger partial charge in [0.25, 0.3) is 0 Å². The molecule has 1 aliphatic heterocycles. The quantitative estimate of drug-likeness (QED) is 0.401. The number of anilines is 1. The number of ether oxygens (including phenoxy) is 1. The van der Waals surface area contributed by atoms with E-state index in [2.05, 4.69) is 41.8 Å². The number of nitrogens with zero attached hydrogens (tertiary/aromatic N) is 5. The van der Waals surface area contributed by atoms with Gasteiger partial charge in [-0.25, -0.2) is 4.98 Å². The lowest BCUT2D eigenvalue weighted by atomic mass is 10.1. The molecule has 1 aliphatic rings. The van der Waals surface area contributed by atoms with Crippen LogP contribution in [0.2, 0.25) is 5.02 Å². The Bertz CT molecular complexity index is 1300. The summed E-state index contributed by atoms with van der Waals surface area (Å²) in [5, 5.41) is 5.80. The van der Waals surface area contributed by atoms with Crippen molar-refractivity contribution in [2.75, 3.05) is 31.8 Å². The Labute approximate surface area is 199 Å². The fourth-order valence-electron chi connectivity index (χ4n) is 4.52. The summed E-state index contributed by atoms with van der Waals surface area (Å²) in [6.07, 6.45) is 1.08. The van der Waals surface area contributed by atoms with Gasteiger partial charge in [-0.2, -0.15) is 9.61 Å². The Morgan fingerprint density at radius 2 is 1.88 bits per heavy atom. The highest BCUT2D eigenvalue weighted by molar-refractivity contribution is 6.31. The van der Waals surface area contributed by atoms with Gasteiger partial charge in [-0.1, -0.05) is 41.9 Å². The topological polar surface area (TPSA) is 45.9 Å². The minimum atomic E-state index is 0.816. The number of methoxy groups -OCH3 is 1. The lowest BCUT2D eigenvalue weighted by Gasteiger charge is -2.37. The van der Waals surface area contributed by atoms with Crippen LogP contribution >= 0.6 is 11.6 Å². The molecule has 0 unspecified atom stereocenters. The van der Waals surface area contributed by atoms with Gasteiger partial charge < -0.3 is 9.64 Å². The summed E-state index contributed by atoms with van der Waals surface area (Å²) in [6, 6.07) is 18.1. The van der Waals surface area contributed by atoms with Gasteiger partial charge in [0.05, 0.1) is 19.5 Å². The van der Waals surface area contributed by atoms with Crippen LogP contribution in [0.1, 0.15) is 23.2 Å². The maximum absolute atomic E-state index is 6.43. The van der Waals surface area contributed by atoms with E-state index in [-0.39, 0.29) is 0 Å². The van der Waals surface area contributed by atoms with E-state index in [1.165, 1.54) is 0 Å². The van der Waals surface area contributed by atoms with E-state index >= 15 is 0 Å². The Morgan fingerprint density at radius 3 is 2.70 bits per heavy atom. The summed E-state index contributed by atoms with van der Waals surface area (Å²) >= 11 is 6.43. The molecule has 0 N–H and O–H groups in total. The molecule has 5 rings (SSSR count). The Hall–Kier alpha value is -3.09.